The normalized spacial score (nSPS) is 12.6. The van der Waals surface area contributed by atoms with Crippen LogP contribution in [0.4, 0.5) is 0 Å². The molecule has 0 saturated carbocycles. The molecule has 0 amide bonds. The van der Waals surface area contributed by atoms with Crippen LogP contribution >= 0.6 is 0 Å². The van der Waals surface area contributed by atoms with Crippen LogP contribution in [0.15, 0.2) is 0 Å². The first-order chi connectivity index (χ1) is 10.0. The summed E-state index contributed by atoms with van der Waals surface area (Å²) in [7, 11) is 10.0. The number of hydrogen-bond acceptors (Lipinski definition) is 6. The van der Waals surface area contributed by atoms with Gasteiger partial charge in [-0.2, -0.15) is 0 Å². The lowest BCUT2D eigenvalue weighted by Crippen LogP contribution is -2.11. The average molecular weight is 312 g/mol. The van der Waals surface area contributed by atoms with Gasteiger partial charge in [-0.3, -0.25) is 0 Å². The standard InChI is InChI=1S/3C5H12O2/c2*1-5(7-3)4-6-2;1-6-4-3-5-7-2/h2*5H,4H2,1-3H3;3-5H2,1-2H3. The second kappa shape index (κ2) is 24.8. The van der Waals surface area contributed by atoms with Crippen LogP contribution in [0.5, 0.6) is 0 Å². The minimum absolute atomic E-state index is 0.227. The number of rotatable bonds is 10. The first-order valence-corrected chi connectivity index (χ1v) is 7.05. The highest BCUT2D eigenvalue weighted by Crippen LogP contribution is 1.85. The smallest absolute Gasteiger partial charge is 0.0776 e. The summed E-state index contributed by atoms with van der Waals surface area (Å²) in [6, 6.07) is 0. The lowest BCUT2D eigenvalue weighted by atomic mass is 10.4. The average Bonchev–Trinajstić information content (AvgIpc) is 2.49. The highest BCUT2D eigenvalue weighted by molar-refractivity contribution is 4.41. The third-order valence-corrected chi connectivity index (χ3v) is 2.30. The molecule has 0 aliphatic heterocycles. The molecule has 132 valence electrons. The van der Waals surface area contributed by atoms with Crippen molar-refractivity contribution < 1.29 is 28.4 Å². The van der Waals surface area contributed by atoms with E-state index in [1.807, 2.05) is 13.8 Å². The molecule has 0 heterocycles. The minimum Gasteiger partial charge on any atom is -0.385 e. The summed E-state index contributed by atoms with van der Waals surface area (Å²) in [5, 5.41) is 0. The summed E-state index contributed by atoms with van der Waals surface area (Å²) in [6.45, 7) is 6.88. The van der Waals surface area contributed by atoms with Crippen LogP contribution in [0.3, 0.4) is 0 Å². The lowest BCUT2D eigenvalue weighted by molar-refractivity contribution is 0.0401. The maximum atomic E-state index is 4.87. The predicted molar refractivity (Wildman–Crippen MR) is 85.1 cm³/mol. The second-order valence-electron chi connectivity index (χ2n) is 4.34. The van der Waals surface area contributed by atoms with Crippen LogP contribution in [0, 0.1) is 0 Å². The summed E-state index contributed by atoms with van der Waals surface area (Å²) in [5.41, 5.74) is 0. The third kappa shape index (κ3) is 32.9. The van der Waals surface area contributed by atoms with Crippen molar-refractivity contribution in [1.29, 1.82) is 0 Å². The Morgan fingerprint density at radius 2 is 0.905 bits per heavy atom. The van der Waals surface area contributed by atoms with Gasteiger partial charge in [-0.15, -0.1) is 0 Å². The van der Waals surface area contributed by atoms with Gasteiger partial charge in [-0.25, -0.2) is 0 Å². The van der Waals surface area contributed by atoms with Crippen LogP contribution in [0.2, 0.25) is 0 Å². The minimum atomic E-state index is 0.227. The zero-order chi connectivity index (χ0) is 16.9. The Bertz CT molecular complexity index is 141. The molecule has 0 aliphatic rings. The predicted octanol–water partition coefficient (Wildman–Crippen LogP) is 2.00. The summed E-state index contributed by atoms with van der Waals surface area (Å²) < 4.78 is 28.8. The van der Waals surface area contributed by atoms with Gasteiger partial charge >= 0.3 is 0 Å². The molecule has 0 aromatic carbocycles. The molecule has 0 spiro atoms. The van der Waals surface area contributed by atoms with E-state index >= 15 is 0 Å². The molecule has 0 rings (SSSR count). The van der Waals surface area contributed by atoms with Crippen LogP contribution in [-0.4, -0.2) is 81.3 Å². The van der Waals surface area contributed by atoms with E-state index in [2.05, 4.69) is 0 Å². The van der Waals surface area contributed by atoms with Gasteiger partial charge in [0, 0.05) is 55.9 Å². The van der Waals surface area contributed by atoms with Crippen LogP contribution in [0.25, 0.3) is 0 Å². The van der Waals surface area contributed by atoms with E-state index in [9.17, 15) is 0 Å². The zero-order valence-corrected chi connectivity index (χ0v) is 15.1. The number of methoxy groups -OCH3 is 6. The zero-order valence-electron chi connectivity index (χ0n) is 15.1. The van der Waals surface area contributed by atoms with Gasteiger partial charge in [0.2, 0.25) is 0 Å². The van der Waals surface area contributed by atoms with E-state index in [0.29, 0.717) is 13.2 Å². The third-order valence-electron chi connectivity index (χ3n) is 2.30. The van der Waals surface area contributed by atoms with Gasteiger partial charge in [0.1, 0.15) is 0 Å². The highest BCUT2D eigenvalue weighted by Gasteiger charge is 1.93. The van der Waals surface area contributed by atoms with Gasteiger partial charge < -0.3 is 28.4 Å². The monoisotopic (exact) mass is 312 g/mol. The molecular formula is C15H36O6. The molecular weight excluding hydrogens is 276 g/mol. The highest BCUT2D eigenvalue weighted by atomic mass is 16.5. The van der Waals surface area contributed by atoms with E-state index in [1.54, 1.807) is 42.7 Å². The maximum Gasteiger partial charge on any atom is 0.0776 e. The molecule has 2 atom stereocenters. The van der Waals surface area contributed by atoms with Crippen LogP contribution in [-0.2, 0) is 28.4 Å². The first kappa shape index (κ1) is 25.7. The molecule has 0 radical (unpaired) electrons. The second-order valence-corrected chi connectivity index (χ2v) is 4.34. The fourth-order valence-corrected chi connectivity index (χ4v) is 0.953. The van der Waals surface area contributed by atoms with Crippen molar-refractivity contribution in [2.24, 2.45) is 0 Å². The maximum absolute atomic E-state index is 4.87. The summed E-state index contributed by atoms with van der Waals surface area (Å²) in [4.78, 5) is 0. The Kier molecular flexibility index (Phi) is 30.3. The summed E-state index contributed by atoms with van der Waals surface area (Å²) in [5.74, 6) is 0. The van der Waals surface area contributed by atoms with Crippen molar-refractivity contribution >= 4 is 0 Å². The molecule has 0 N–H and O–H groups in total. The van der Waals surface area contributed by atoms with Crippen molar-refractivity contribution in [1.82, 2.24) is 0 Å². The topological polar surface area (TPSA) is 55.4 Å². The van der Waals surface area contributed by atoms with Gasteiger partial charge in [-0.05, 0) is 20.3 Å². The molecule has 0 fully saturated rings. The molecule has 6 nitrogen and oxygen atoms in total. The Hall–Kier alpha value is -0.240. The Morgan fingerprint density at radius 1 is 0.571 bits per heavy atom. The van der Waals surface area contributed by atoms with Crippen molar-refractivity contribution in [2.45, 2.75) is 32.5 Å². The molecule has 0 aromatic rings. The van der Waals surface area contributed by atoms with Crippen molar-refractivity contribution in [2.75, 3.05) is 69.1 Å². The van der Waals surface area contributed by atoms with Crippen molar-refractivity contribution in [3.8, 4) is 0 Å². The van der Waals surface area contributed by atoms with E-state index < -0.39 is 0 Å². The van der Waals surface area contributed by atoms with E-state index in [0.717, 1.165) is 19.6 Å². The van der Waals surface area contributed by atoms with Gasteiger partial charge in [0.15, 0.2) is 0 Å². The summed E-state index contributed by atoms with van der Waals surface area (Å²) >= 11 is 0. The lowest BCUT2D eigenvalue weighted by Gasteiger charge is -2.05. The fraction of sp³-hybridized carbons (Fsp3) is 1.00. The Labute approximate surface area is 131 Å². The SMILES string of the molecule is COCC(C)OC.COCC(C)OC.COCCCOC. The van der Waals surface area contributed by atoms with Crippen LogP contribution < -0.4 is 0 Å². The Balaban J connectivity index is -0.000000231. The van der Waals surface area contributed by atoms with Gasteiger partial charge in [-0.1, -0.05) is 0 Å². The molecule has 6 heteroatoms. The van der Waals surface area contributed by atoms with Gasteiger partial charge in [0.25, 0.3) is 0 Å². The number of hydrogen-bond donors (Lipinski definition) is 0. The Morgan fingerprint density at radius 3 is 1.05 bits per heavy atom. The van der Waals surface area contributed by atoms with Crippen LogP contribution in [0.1, 0.15) is 20.3 Å². The molecule has 0 bridgehead atoms. The fourth-order valence-electron chi connectivity index (χ4n) is 0.953. The first-order valence-electron chi connectivity index (χ1n) is 7.05. The molecule has 21 heavy (non-hydrogen) atoms. The van der Waals surface area contributed by atoms with E-state index in [4.69, 9.17) is 28.4 Å². The van der Waals surface area contributed by atoms with Gasteiger partial charge in [0.05, 0.1) is 25.4 Å². The summed E-state index contributed by atoms with van der Waals surface area (Å²) in [6.07, 6.45) is 1.45. The molecule has 2 unspecified atom stereocenters. The number of ether oxygens (including phenoxy) is 6. The molecule has 0 saturated heterocycles. The largest absolute Gasteiger partial charge is 0.385 e. The van der Waals surface area contributed by atoms with Crippen molar-refractivity contribution in [3.63, 3.8) is 0 Å². The quantitative estimate of drug-likeness (QED) is 0.575. The van der Waals surface area contributed by atoms with E-state index in [1.165, 1.54) is 0 Å². The molecule has 0 aromatic heterocycles. The van der Waals surface area contributed by atoms with E-state index in [-0.39, 0.29) is 12.2 Å². The molecule has 0 aliphatic carbocycles. The van der Waals surface area contributed by atoms with Crippen molar-refractivity contribution in [3.05, 3.63) is 0 Å².